The lowest BCUT2D eigenvalue weighted by Gasteiger charge is -2.26. The van der Waals surface area contributed by atoms with Gasteiger partial charge in [0.2, 0.25) is 0 Å². The SMILES string of the molecule is CC1CCC(CCNc2ncnc(N)c2Br)CC1. The van der Waals surface area contributed by atoms with Gasteiger partial charge in [-0.15, -0.1) is 0 Å². The van der Waals surface area contributed by atoms with E-state index in [1.54, 1.807) is 0 Å². The summed E-state index contributed by atoms with van der Waals surface area (Å²) in [6, 6.07) is 0. The minimum Gasteiger partial charge on any atom is -0.383 e. The third-order valence-corrected chi connectivity index (χ3v) is 4.58. The minimum absolute atomic E-state index is 0.485. The molecule has 0 atom stereocenters. The number of nitrogens with zero attached hydrogens (tertiary/aromatic N) is 2. The molecule has 0 aliphatic heterocycles. The fourth-order valence-electron chi connectivity index (χ4n) is 2.52. The Labute approximate surface area is 117 Å². The molecule has 1 heterocycles. The summed E-state index contributed by atoms with van der Waals surface area (Å²) in [5.74, 6) is 3.07. The summed E-state index contributed by atoms with van der Waals surface area (Å²) in [4.78, 5) is 8.11. The Morgan fingerprint density at radius 3 is 2.78 bits per heavy atom. The number of halogens is 1. The molecule has 4 nitrogen and oxygen atoms in total. The van der Waals surface area contributed by atoms with Gasteiger partial charge in [-0.2, -0.15) is 0 Å². The van der Waals surface area contributed by atoms with E-state index in [0.29, 0.717) is 5.82 Å². The molecule has 1 aliphatic carbocycles. The van der Waals surface area contributed by atoms with E-state index >= 15 is 0 Å². The van der Waals surface area contributed by atoms with Crippen molar-refractivity contribution in [2.75, 3.05) is 17.6 Å². The smallest absolute Gasteiger partial charge is 0.145 e. The van der Waals surface area contributed by atoms with Crippen LogP contribution in [-0.4, -0.2) is 16.5 Å². The zero-order valence-corrected chi connectivity index (χ0v) is 12.4. The standard InChI is InChI=1S/C13H21BrN4/c1-9-2-4-10(5-3-9)6-7-16-13-11(14)12(15)17-8-18-13/h8-10H,2-7H2,1H3,(H3,15,16,17,18). The maximum absolute atomic E-state index is 5.71. The van der Waals surface area contributed by atoms with E-state index in [-0.39, 0.29) is 0 Å². The minimum atomic E-state index is 0.485. The van der Waals surface area contributed by atoms with Crippen molar-refractivity contribution in [3.63, 3.8) is 0 Å². The van der Waals surface area contributed by atoms with E-state index in [4.69, 9.17) is 5.73 Å². The molecule has 18 heavy (non-hydrogen) atoms. The Morgan fingerprint density at radius 1 is 1.33 bits per heavy atom. The number of hydrogen-bond acceptors (Lipinski definition) is 4. The molecule has 0 spiro atoms. The van der Waals surface area contributed by atoms with E-state index in [9.17, 15) is 0 Å². The number of anilines is 2. The second-order valence-corrected chi connectivity index (χ2v) is 6.06. The molecule has 5 heteroatoms. The Kier molecular flexibility index (Phi) is 4.80. The zero-order chi connectivity index (χ0) is 13.0. The second kappa shape index (κ2) is 6.36. The van der Waals surface area contributed by atoms with Crippen LogP contribution in [0, 0.1) is 11.8 Å². The summed E-state index contributed by atoms with van der Waals surface area (Å²) in [6.07, 6.45) is 8.21. The number of aromatic nitrogens is 2. The van der Waals surface area contributed by atoms with Gasteiger partial charge in [0.05, 0.1) is 0 Å². The summed E-state index contributed by atoms with van der Waals surface area (Å²) in [6.45, 7) is 3.31. The van der Waals surface area contributed by atoms with E-state index in [1.165, 1.54) is 38.4 Å². The first-order valence-electron chi connectivity index (χ1n) is 6.66. The molecule has 3 N–H and O–H groups in total. The fraction of sp³-hybridized carbons (Fsp3) is 0.692. The molecule has 1 aliphatic rings. The van der Waals surface area contributed by atoms with Crippen LogP contribution < -0.4 is 11.1 Å². The normalized spacial score (nSPS) is 23.9. The van der Waals surface area contributed by atoms with Crippen molar-refractivity contribution in [1.29, 1.82) is 0 Å². The quantitative estimate of drug-likeness (QED) is 0.893. The summed E-state index contributed by atoms with van der Waals surface area (Å²) in [7, 11) is 0. The van der Waals surface area contributed by atoms with Crippen molar-refractivity contribution in [1.82, 2.24) is 9.97 Å². The van der Waals surface area contributed by atoms with Gasteiger partial charge in [-0.25, -0.2) is 9.97 Å². The molecule has 100 valence electrons. The lowest BCUT2D eigenvalue weighted by molar-refractivity contribution is 0.282. The monoisotopic (exact) mass is 312 g/mol. The number of nitrogens with one attached hydrogen (secondary N) is 1. The van der Waals surface area contributed by atoms with Gasteiger partial charge in [-0.05, 0) is 34.2 Å². The van der Waals surface area contributed by atoms with Crippen molar-refractivity contribution in [2.24, 2.45) is 11.8 Å². The van der Waals surface area contributed by atoms with Gasteiger partial charge >= 0.3 is 0 Å². The molecule has 0 amide bonds. The highest BCUT2D eigenvalue weighted by Gasteiger charge is 2.17. The van der Waals surface area contributed by atoms with Crippen molar-refractivity contribution in [2.45, 2.75) is 39.0 Å². The molecule has 2 rings (SSSR count). The van der Waals surface area contributed by atoms with Crippen molar-refractivity contribution >= 4 is 27.6 Å². The Hall–Kier alpha value is -0.840. The summed E-state index contributed by atoms with van der Waals surface area (Å²) in [5.41, 5.74) is 5.71. The van der Waals surface area contributed by atoms with Gasteiger partial charge in [-0.1, -0.05) is 32.6 Å². The van der Waals surface area contributed by atoms with Crippen LogP contribution in [0.25, 0.3) is 0 Å². The predicted octanol–water partition coefficient (Wildman–Crippen LogP) is 3.45. The third kappa shape index (κ3) is 3.57. The average Bonchev–Trinajstić information content (AvgIpc) is 2.37. The zero-order valence-electron chi connectivity index (χ0n) is 10.8. The molecule has 1 saturated carbocycles. The molecule has 0 aromatic carbocycles. The van der Waals surface area contributed by atoms with Crippen molar-refractivity contribution < 1.29 is 0 Å². The van der Waals surface area contributed by atoms with Crippen LogP contribution in [0.4, 0.5) is 11.6 Å². The number of rotatable bonds is 4. The van der Waals surface area contributed by atoms with Gasteiger partial charge in [0, 0.05) is 6.54 Å². The molecule has 1 fully saturated rings. The Balaban J connectivity index is 1.77. The van der Waals surface area contributed by atoms with Crippen molar-refractivity contribution in [3.8, 4) is 0 Å². The van der Waals surface area contributed by atoms with Crippen LogP contribution in [0.1, 0.15) is 39.0 Å². The highest BCUT2D eigenvalue weighted by molar-refractivity contribution is 9.10. The topological polar surface area (TPSA) is 63.8 Å². The van der Waals surface area contributed by atoms with E-state index in [1.807, 2.05) is 0 Å². The highest BCUT2D eigenvalue weighted by atomic mass is 79.9. The van der Waals surface area contributed by atoms with E-state index < -0.39 is 0 Å². The predicted molar refractivity (Wildman–Crippen MR) is 78.4 cm³/mol. The Bertz CT molecular complexity index is 389. The summed E-state index contributed by atoms with van der Waals surface area (Å²) >= 11 is 3.40. The molecular formula is C13H21BrN4. The van der Waals surface area contributed by atoms with E-state index in [2.05, 4.69) is 38.1 Å². The van der Waals surface area contributed by atoms with Crippen LogP contribution in [0.2, 0.25) is 0 Å². The van der Waals surface area contributed by atoms with Gasteiger partial charge < -0.3 is 11.1 Å². The number of hydrogen-bond donors (Lipinski definition) is 2. The van der Waals surface area contributed by atoms with Gasteiger partial charge in [-0.3, -0.25) is 0 Å². The molecule has 0 bridgehead atoms. The summed E-state index contributed by atoms with van der Waals surface area (Å²) < 4.78 is 0.766. The van der Waals surface area contributed by atoms with E-state index in [0.717, 1.165) is 28.7 Å². The largest absolute Gasteiger partial charge is 0.383 e. The van der Waals surface area contributed by atoms with Crippen LogP contribution in [0.15, 0.2) is 10.8 Å². The first kappa shape index (κ1) is 13.6. The second-order valence-electron chi connectivity index (χ2n) is 5.26. The molecule has 0 radical (unpaired) electrons. The van der Waals surface area contributed by atoms with Crippen LogP contribution in [0.3, 0.4) is 0 Å². The van der Waals surface area contributed by atoms with Crippen LogP contribution in [0.5, 0.6) is 0 Å². The van der Waals surface area contributed by atoms with Crippen molar-refractivity contribution in [3.05, 3.63) is 10.8 Å². The van der Waals surface area contributed by atoms with Gasteiger partial charge in [0.25, 0.3) is 0 Å². The maximum Gasteiger partial charge on any atom is 0.145 e. The molecule has 1 aromatic rings. The number of nitrogens with two attached hydrogens (primary N) is 1. The molecule has 0 saturated heterocycles. The molecule has 0 unspecified atom stereocenters. The fourth-order valence-corrected chi connectivity index (χ4v) is 2.86. The van der Waals surface area contributed by atoms with Gasteiger partial charge in [0.15, 0.2) is 0 Å². The average molecular weight is 313 g/mol. The molecular weight excluding hydrogens is 292 g/mol. The van der Waals surface area contributed by atoms with Crippen LogP contribution >= 0.6 is 15.9 Å². The number of nitrogen functional groups attached to an aromatic ring is 1. The lowest BCUT2D eigenvalue weighted by atomic mass is 9.81. The maximum atomic E-state index is 5.71. The van der Waals surface area contributed by atoms with Gasteiger partial charge in [0.1, 0.15) is 22.4 Å². The van der Waals surface area contributed by atoms with Crippen LogP contribution in [-0.2, 0) is 0 Å². The summed E-state index contributed by atoms with van der Waals surface area (Å²) in [5, 5.41) is 3.33. The first-order valence-corrected chi connectivity index (χ1v) is 7.46. The lowest BCUT2D eigenvalue weighted by Crippen LogP contribution is -2.16. The molecule has 1 aromatic heterocycles. The third-order valence-electron chi connectivity index (χ3n) is 3.80. The Morgan fingerprint density at radius 2 is 2.06 bits per heavy atom. The first-order chi connectivity index (χ1) is 8.66. The highest BCUT2D eigenvalue weighted by Crippen LogP contribution is 2.30.